The first-order valence-corrected chi connectivity index (χ1v) is 47.8. The van der Waals surface area contributed by atoms with Gasteiger partial charge in [-0.25, -0.2) is 0 Å². The molecule has 0 aliphatic heterocycles. The summed E-state index contributed by atoms with van der Waals surface area (Å²) in [6, 6.07) is 8.70. The van der Waals surface area contributed by atoms with Gasteiger partial charge in [-0.15, -0.1) is 0 Å². The number of unbranched alkanes of at least 4 members (excludes halogenated alkanes) is 1. The van der Waals surface area contributed by atoms with E-state index in [0.29, 0.717) is 89.9 Å². The second-order valence-electron chi connectivity index (χ2n) is 47.8. The average molecular weight is 1790 g/mol. The highest BCUT2D eigenvalue weighted by atomic mass is 16.2. The van der Waals surface area contributed by atoms with E-state index in [1.807, 2.05) is 210 Å². The molecule has 0 aliphatic carbocycles. The Morgan fingerprint density at radius 2 is 0.543 bits per heavy atom. The number of amides is 3. The van der Waals surface area contributed by atoms with Gasteiger partial charge >= 0.3 is 0 Å². The summed E-state index contributed by atoms with van der Waals surface area (Å²) in [6.07, 6.45) is 9.17. The fourth-order valence-electron chi connectivity index (χ4n) is 15.0. The van der Waals surface area contributed by atoms with Crippen LogP contribution < -0.4 is 48.3 Å². The van der Waals surface area contributed by atoms with Crippen LogP contribution in [0.15, 0.2) is 30.3 Å². The van der Waals surface area contributed by atoms with Gasteiger partial charge in [0.25, 0.3) is 0 Å². The third-order valence-electron chi connectivity index (χ3n) is 21.0. The molecule has 0 fully saturated rings. The number of carbonyl (C=O) groups excluding carboxylic acids is 13. The lowest BCUT2D eigenvalue weighted by atomic mass is 9.77. The van der Waals surface area contributed by atoms with Crippen LogP contribution in [0.4, 0.5) is 0 Å². The minimum absolute atomic E-state index is 0.0657. The second-order valence-corrected chi connectivity index (χ2v) is 47.8. The third kappa shape index (κ3) is 63.0. The Labute approximate surface area is 775 Å². The first kappa shape index (κ1) is 127. The van der Waals surface area contributed by atoms with Crippen molar-refractivity contribution in [2.45, 2.75) is 451 Å². The third-order valence-corrected chi connectivity index (χ3v) is 21.0. The van der Waals surface area contributed by atoms with Crippen LogP contribution in [0, 0.1) is 80.3 Å². The van der Waals surface area contributed by atoms with E-state index in [1.165, 1.54) is 20.8 Å². The van der Waals surface area contributed by atoms with Gasteiger partial charge < -0.3 is 48.3 Å². The van der Waals surface area contributed by atoms with E-state index in [1.54, 1.807) is 0 Å². The minimum atomic E-state index is -0.509. The maximum absolute atomic E-state index is 13.3. The summed E-state index contributed by atoms with van der Waals surface area (Å²) in [5.74, 6) is 0.622. The van der Waals surface area contributed by atoms with Crippen molar-refractivity contribution >= 4 is 75.6 Å². The summed E-state index contributed by atoms with van der Waals surface area (Å²) < 4.78 is 0. The fraction of sp³-hybridized carbons (Fsp3) is 0.819. The molecule has 22 nitrogen and oxygen atoms in total. The van der Waals surface area contributed by atoms with E-state index in [0.717, 1.165) is 31.2 Å². The highest BCUT2D eigenvalue weighted by Gasteiger charge is 2.40. The molecule has 738 valence electrons. The summed E-state index contributed by atoms with van der Waals surface area (Å²) in [4.78, 5) is 162. The van der Waals surface area contributed by atoms with Crippen molar-refractivity contribution in [1.29, 1.82) is 0 Å². The van der Waals surface area contributed by atoms with Crippen molar-refractivity contribution in [3.63, 3.8) is 0 Å². The smallest absolute Gasteiger partial charge is 0.216 e. The molecule has 0 saturated carbocycles. The molecule has 127 heavy (non-hydrogen) atoms. The van der Waals surface area contributed by atoms with Gasteiger partial charge in [0.15, 0.2) is 23.1 Å². The SMILES string of the molecule is CC(=O)NCCC[C@H](CC(=O)[C@@H](NC(C)(C)C)C(C)C)C(=O)C(C)(C)C.CC(=O)NCCC[C@H](CC(=O)[C@H](CC(C)C)NC(C)(C)C)C(=O)C(C)(C)C.CC(=O)NCCC[C@H](CC(=O)[C@H](Cc1ccccc1)NC(C)(C)C)C(=O)C(C)(C)C.CC(C)[C@H](NC(C)(C)C)C(=O)C[C@@H](C)C(=O)C(C)(C)C.CC(C)[C@H](NC(C)(C)C)C(=O)C[C@@H](CCCCN)C(=O)C(C)(C)C. The number of ketones is 10. The standard InChI is InChI=1S/C25H40N2O3.C22H42N2O3.C21H40N2O3.C20H40N2O2.C17H33NO2/c1-18(28)26-15-11-14-20(23(30)24(2,3)4)17-22(29)21(27-25(5,6)7)16-19-12-9-8-10-13-19;1-15(2)13-18(24-22(7,8)9)19(26)14-17(20(27)21(4,5)6)11-10-12-23-16(3)25;1-14(2)18(23-21(7,8)9)17(25)13-16(19(26)20(4,5)6)11-10-12-22-15(3)24;1-14(2)17(22-20(6,7)8)16(23)13-15(11-9-10-12-21)18(24)19(3,4)5;1-11(2)14(18-17(7,8)9)13(19)10-12(3)15(20)16(4,5)6/h8-10,12-13,20-21,27H,11,14-17H2,1-7H3,(H,26,28);15,17-18,24H,10-14H2,1-9H3,(H,23,25);14,16,18,23H,10-13H2,1-9H3,(H,22,24);14-15,17,22H,9-13,21H2,1-8H3;11-12,14,18H,10H2,1-9H3/t20-,21+;17-,18+;16-,18+;15-,17+;12-,14+/m11111/s1. The van der Waals surface area contributed by atoms with E-state index < -0.39 is 21.7 Å². The maximum atomic E-state index is 13.3. The van der Waals surface area contributed by atoms with Crippen molar-refractivity contribution in [3.05, 3.63) is 35.9 Å². The van der Waals surface area contributed by atoms with Gasteiger partial charge in [-0.2, -0.15) is 0 Å². The number of benzene rings is 1. The van der Waals surface area contributed by atoms with Crippen LogP contribution in [0.1, 0.15) is 393 Å². The van der Waals surface area contributed by atoms with Gasteiger partial charge in [-0.1, -0.05) is 203 Å². The highest BCUT2D eigenvalue weighted by molar-refractivity contribution is 5.96. The van der Waals surface area contributed by atoms with Gasteiger partial charge in [-0.05, 0) is 204 Å². The Morgan fingerprint density at radius 3 is 0.780 bits per heavy atom. The van der Waals surface area contributed by atoms with Gasteiger partial charge in [-0.3, -0.25) is 62.3 Å². The summed E-state index contributed by atoms with van der Waals surface area (Å²) in [5.41, 5.74) is 3.60. The van der Waals surface area contributed by atoms with Gasteiger partial charge in [0.1, 0.15) is 34.7 Å². The zero-order valence-electron chi connectivity index (χ0n) is 89.0. The molecule has 1 rings (SSSR count). The zero-order chi connectivity index (χ0) is 101. The number of Topliss-reactive ketones (excluding diaryl/α,β-unsaturated/α-hetero) is 10. The van der Waals surface area contributed by atoms with Crippen molar-refractivity contribution in [2.24, 2.45) is 86.1 Å². The number of nitrogens with one attached hydrogen (secondary N) is 8. The predicted molar refractivity (Wildman–Crippen MR) is 528 cm³/mol. The Morgan fingerprint density at radius 1 is 0.299 bits per heavy atom. The molecule has 0 heterocycles. The van der Waals surface area contributed by atoms with Crippen LogP contribution >= 0.6 is 0 Å². The molecule has 0 bridgehead atoms. The van der Waals surface area contributed by atoms with Crippen LogP contribution in [0.3, 0.4) is 0 Å². The molecule has 0 unspecified atom stereocenters. The van der Waals surface area contributed by atoms with E-state index in [4.69, 9.17) is 5.73 Å². The van der Waals surface area contributed by atoms with E-state index >= 15 is 0 Å². The van der Waals surface area contributed by atoms with E-state index in [9.17, 15) is 62.3 Å². The van der Waals surface area contributed by atoms with Gasteiger partial charge in [0.05, 0.1) is 30.2 Å². The maximum Gasteiger partial charge on any atom is 0.216 e. The topological polar surface area (TPSA) is 344 Å². The fourth-order valence-corrected chi connectivity index (χ4v) is 15.0. The van der Waals surface area contributed by atoms with Crippen LogP contribution in [0.5, 0.6) is 0 Å². The zero-order valence-corrected chi connectivity index (χ0v) is 89.0. The van der Waals surface area contributed by atoms with E-state index in [2.05, 4.69) is 133 Å². The Balaban J connectivity index is -0.000000749. The molecule has 0 radical (unpaired) electrons. The molecule has 0 aromatic heterocycles. The largest absolute Gasteiger partial charge is 0.356 e. The van der Waals surface area contributed by atoms with E-state index in [-0.39, 0.29) is 205 Å². The average Bonchev–Trinajstić information content (AvgIpc) is 0.857. The number of carbonyl (C=O) groups is 13. The van der Waals surface area contributed by atoms with Crippen molar-refractivity contribution < 1.29 is 62.3 Å². The second kappa shape index (κ2) is 58.2. The Hall–Kier alpha value is -5.91. The lowest BCUT2D eigenvalue weighted by Crippen LogP contribution is -2.51. The molecule has 1 aromatic carbocycles. The van der Waals surface area contributed by atoms with Crippen LogP contribution in [0.25, 0.3) is 0 Å². The van der Waals surface area contributed by atoms with Crippen LogP contribution in [-0.2, 0) is 68.7 Å². The van der Waals surface area contributed by atoms with Crippen LogP contribution in [0.2, 0.25) is 0 Å². The predicted octanol–water partition coefficient (Wildman–Crippen LogP) is 18.8. The highest BCUT2D eigenvalue weighted by Crippen LogP contribution is 2.33. The van der Waals surface area contributed by atoms with Gasteiger partial charge in [0.2, 0.25) is 17.7 Å². The lowest BCUT2D eigenvalue weighted by molar-refractivity contribution is -0.134. The summed E-state index contributed by atoms with van der Waals surface area (Å²) >= 11 is 0. The quantitative estimate of drug-likeness (QED) is 0.0274. The molecule has 0 spiro atoms. The molecular weight excluding hydrogens is 1600 g/mol. The van der Waals surface area contributed by atoms with Crippen molar-refractivity contribution in [3.8, 4) is 0 Å². The lowest BCUT2D eigenvalue weighted by Gasteiger charge is -2.32. The first-order chi connectivity index (χ1) is 57.1. The molecule has 3 amide bonds. The van der Waals surface area contributed by atoms with Crippen molar-refractivity contribution in [1.82, 2.24) is 42.5 Å². The first-order valence-electron chi connectivity index (χ1n) is 47.8. The molecule has 22 heteroatoms. The minimum Gasteiger partial charge on any atom is -0.356 e. The molecule has 10 atom stereocenters. The summed E-state index contributed by atoms with van der Waals surface area (Å²) in [7, 11) is 0. The molecule has 0 saturated heterocycles. The Bertz CT molecular complexity index is 3470. The van der Waals surface area contributed by atoms with Crippen LogP contribution in [-0.4, -0.2) is 160 Å². The van der Waals surface area contributed by atoms with Crippen molar-refractivity contribution in [2.75, 3.05) is 26.2 Å². The molecular formula is C105H195N9O13. The number of nitrogens with two attached hydrogens (primary N) is 1. The normalized spacial score (nSPS) is 15.0. The number of hydrogen-bond donors (Lipinski definition) is 9. The molecule has 10 N–H and O–H groups in total. The number of rotatable bonds is 48. The Kier molecular flexibility index (Phi) is 58.4. The monoisotopic (exact) mass is 1790 g/mol. The van der Waals surface area contributed by atoms with Gasteiger partial charge in [0, 0.05) is 157 Å². The molecule has 0 aliphatic rings. The summed E-state index contributed by atoms with van der Waals surface area (Å²) in [5, 5.41) is 25.4. The molecule has 1 aromatic rings. The summed E-state index contributed by atoms with van der Waals surface area (Å²) in [6.45, 7) is 84.4. The number of hydrogen-bond acceptors (Lipinski definition) is 19.